The zero-order valence-electron chi connectivity index (χ0n) is 12.6. The van der Waals surface area contributed by atoms with Crippen LogP contribution in [0.4, 0.5) is 0 Å². The minimum absolute atomic E-state index is 0.118. The summed E-state index contributed by atoms with van der Waals surface area (Å²) in [4.78, 5) is 0. The molecule has 1 atom stereocenters. The van der Waals surface area contributed by atoms with Gasteiger partial charge >= 0.3 is 0 Å². The van der Waals surface area contributed by atoms with Gasteiger partial charge < -0.3 is 5.73 Å². The summed E-state index contributed by atoms with van der Waals surface area (Å²) in [5.74, 6) is 0. The van der Waals surface area contributed by atoms with Gasteiger partial charge in [0.05, 0.1) is 15.9 Å². The lowest BCUT2D eigenvalue weighted by Gasteiger charge is -2.48. The maximum atomic E-state index is 6.81. The van der Waals surface area contributed by atoms with Crippen LogP contribution in [0.15, 0.2) is 4.47 Å². The number of hydrogen-bond acceptors (Lipinski definition) is 2. The molecule has 0 amide bonds. The first-order valence-corrected chi connectivity index (χ1v) is 8.11. The van der Waals surface area contributed by atoms with Gasteiger partial charge in [0.15, 0.2) is 0 Å². The van der Waals surface area contributed by atoms with Gasteiger partial charge in [0.1, 0.15) is 0 Å². The van der Waals surface area contributed by atoms with Crippen molar-refractivity contribution in [2.24, 2.45) is 11.1 Å². The van der Waals surface area contributed by atoms with Crippen LogP contribution in [-0.2, 0) is 13.0 Å². The van der Waals surface area contributed by atoms with Gasteiger partial charge in [-0.15, -0.1) is 0 Å². The summed E-state index contributed by atoms with van der Waals surface area (Å²) in [5.41, 5.74) is 9.21. The summed E-state index contributed by atoms with van der Waals surface area (Å²) >= 11 is 3.69. The highest BCUT2D eigenvalue weighted by Crippen LogP contribution is 2.44. The van der Waals surface area contributed by atoms with Gasteiger partial charge in [-0.05, 0) is 48.0 Å². The van der Waals surface area contributed by atoms with Crippen LogP contribution in [0.5, 0.6) is 0 Å². The lowest BCUT2D eigenvalue weighted by molar-refractivity contribution is 0.0968. The second-order valence-electron chi connectivity index (χ2n) is 6.59. The Bertz CT molecular complexity index is 464. The summed E-state index contributed by atoms with van der Waals surface area (Å²) < 4.78 is 3.24. The first-order valence-electron chi connectivity index (χ1n) is 7.31. The van der Waals surface area contributed by atoms with Crippen LogP contribution in [0.1, 0.15) is 57.8 Å². The number of aryl methyl sites for hydroxylation is 2. The Morgan fingerprint density at radius 2 is 1.95 bits per heavy atom. The summed E-state index contributed by atoms with van der Waals surface area (Å²) in [5, 5.41) is 4.59. The van der Waals surface area contributed by atoms with E-state index in [-0.39, 0.29) is 11.0 Å². The zero-order valence-corrected chi connectivity index (χ0v) is 14.2. The number of aromatic nitrogens is 2. The molecule has 3 nitrogen and oxygen atoms in total. The first-order chi connectivity index (χ1) is 8.81. The molecule has 108 valence electrons. The molecule has 1 saturated carbocycles. The van der Waals surface area contributed by atoms with Crippen LogP contribution < -0.4 is 5.73 Å². The van der Waals surface area contributed by atoms with Gasteiger partial charge in [-0.25, -0.2) is 0 Å². The largest absolute Gasteiger partial charge is 0.324 e. The normalized spacial score (nSPS) is 26.6. The van der Waals surface area contributed by atoms with Gasteiger partial charge in [-0.2, -0.15) is 5.10 Å². The second kappa shape index (κ2) is 5.21. The van der Waals surface area contributed by atoms with Crippen LogP contribution in [0, 0.1) is 12.3 Å². The van der Waals surface area contributed by atoms with E-state index in [4.69, 9.17) is 5.73 Å². The van der Waals surface area contributed by atoms with E-state index >= 15 is 0 Å². The Morgan fingerprint density at radius 1 is 1.32 bits per heavy atom. The van der Waals surface area contributed by atoms with E-state index in [0.717, 1.165) is 29.6 Å². The van der Waals surface area contributed by atoms with Crippen LogP contribution in [0.25, 0.3) is 0 Å². The third kappa shape index (κ3) is 2.62. The Hall–Kier alpha value is -0.350. The number of rotatable bonds is 3. The van der Waals surface area contributed by atoms with Crippen molar-refractivity contribution in [3.05, 3.63) is 15.9 Å². The highest BCUT2D eigenvalue weighted by molar-refractivity contribution is 9.10. The molecule has 4 heteroatoms. The van der Waals surface area contributed by atoms with Crippen molar-refractivity contribution in [1.29, 1.82) is 0 Å². The fourth-order valence-corrected chi connectivity index (χ4v) is 3.68. The minimum Gasteiger partial charge on any atom is -0.324 e. The van der Waals surface area contributed by atoms with Crippen molar-refractivity contribution in [3.63, 3.8) is 0 Å². The maximum absolute atomic E-state index is 6.81. The molecule has 1 aromatic heterocycles. The van der Waals surface area contributed by atoms with Crippen molar-refractivity contribution in [2.45, 2.75) is 71.9 Å². The van der Waals surface area contributed by atoms with E-state index in [1.165, 1.54) is 25.0 Å². The first kappa shape index (κ1) is 15.0. The standard InChI is InChI=1S/C15H26BrN3/c1-5-19-12(13(16)11(2)18-19)10-15(17)9-7-6-8-14(15,3)4/h5-10,17H2,1-4H3. The van der Waals surface area contributed by atoms with E-state index in [9.17, 15) is 0 Å². The van der Waals surface area contributed by atoms with Crippen LogP contribution >= 0.6 is 15.9 Å². The zero-order chi connectivity index (χ0) is 14.3. The molecule has 0 aliphatic heterocycles. The molecule has 1 aromatic rings. The Balaban J connectivity index is 2.34. The predicted octanol–water partition coefficient (Wildman–Crippen LogP) is 3.81. The fourth-order valence-electron chi connectivity index (χ4n) is 3.26. The highest BCUT2D eigenvalue weighted by atomic mass is 79.9. The van der Waals surface area contributed by atoms with Crippen LogP contribution in [0.2, 0.25) is 0 Å². The van der Waals surface area contributed by atoms with Gasteiger partial charge in [-0.3, -0.25) is 4.68 Å². The third-order valence-corrected chi connectivity index (χ3v) is 5.99. The summed E-state index contributed by atoms with van der Waals surface area (Å²) in [7, 11) is 0. The Kier molecular flexibility index (Phi) is 4.12. The smallest absolute Gasteiger partial charge is 0.0738 e. The number of nitrogens with two attached hydrogens (primary N) is 1. The number of halogens is 1. The van der Waals surface area contributed by atoms with Crippen molar-refractivity contribution in [3.8, 4) is 0 Å². The fraction of sp³-hybridized carbons (Fsp3) is 0.800. The molecule has 1 fully saturated rings. The number of hydrogen-bond donors (Lipinski definition) is 1. The van der Waals surface area contributed by atoms with E-state index < -0.39 is 0 Å². The molecule has 2 N–H and O–H groups in total. The van der Waals surface area contributed by atoms with Crippen molar-refractivity contribution >= 4 is 15.9 Å². The molecule has 0 bridgehead atoms. The molecule has 1 heterocycles. The average Bonchev–Trinajstić information content (AvgIpc) is 2.61. The summed E-state index contributed by atoms with van der Waals surface area (Å²) in [6.45, 7) is 9.73. The summed E-state index contributed by atoms with van der Waals surface area (Å²) in [6, 6.07) is 0. The lowest BCUT2D eigenvalue weighted by Crippen LogP contribution is -2.56. The summed E-state index contributed by atoms with van der Waals surface area (Å²) in [6.07, 6.45) is 5.80. The Morgan fingerprint density at radius 3 is 2.53 bits per heavy atom. The molecule has 0 radical (unpaired) electrons. The van der Waals surface area contributed by atoms with E-state index in [2.05, 4.69) is 53.4 Å². The van der Waals surface area contributed by atoms with E-state index in [0.29, 0.717) is 0 Å². The number of nitrogens with zero attached hydrogens (tertiary/aromatic N) is 2. The van der Waals surface area contributed by atoms with E-state index in [1.54, 1.807) is 0 Å². The quantitative estimate of drug-likeness (QED) is 0.917. The Labute approximate surface area is 125 Å². The molecule has 2 rings (SSSR count). The van der Waals surface area contributed by atoms with Gasteiger partial charge in [-0.1, -0.05) is 26.7 Å². The van der Waals surface area contributed by atoms with Crippen LogP contribution in [-0.4, -0.2) is 15.3 Å². The topological polar surface area (TPSA) is 43.8 Å². The predicted molar refractivity (Wildman–Crippen MR) is 83.2 cm³/mol. The van der Waals surface area contributed by atoms with Crippen LogP contribution in [0.3, 0.4) is 0 Å². The minimum atomic E-state index is -0.118. The molecular weight excluding hydrogens is 302 g/mol. The average molecular weight is 328 g/mol. The molecule has 0 aromatic carbocycles. The molecule has 0 saturated heterocycles. The molecule has 1 aliphatic carbocycles. The maximum Gasteiger partial charge on any atom is 0.0738 e. The van der Waals surface area contributed by atoms with Crippen molar-refractivity contribution in [1.82, 2.24) is 9.78 Å². The highest BCUT2D eigenvalue weighted by Gasteiger charge is 2.44. The van der Waals surface area contributed by atoms with Gasteiger partial charge in [0, 0.05) is 18.5 Å². The lowest BCUT2D eigenvalue weighted by atomic mass is 9.62. The van der Waals surface area contributed by atoms with Gasteiger partial charge in [0.2, 0.25) is 0 Å². The molecular formula is C15H26BrN3. The van der Waals surface area contributed by atoms with Crippen molar-refractivity contribution in [2.75, 3.05) is 0 Å². The SMILES string of the molecule is CCn1nc(C)c(Br)c1CC1(N)CCCCC1(C)C. The monoisotopic (exact) mass is 327 g/mol. The molecule has 19 heavy (non-hydrogen) atoms. The van der Waals surface area contributed by atoms with Crippen molar-refractivity contribution < 1.29 is 0 Å². The van der Waals surface area contributed by atoms with Gasteiger partial charge in [0.25, 0.3) is 0 Å². The van der Waals surface area contributed by atoms with E-state index in [1.807, 2.05) is 0 Å². The second-order valence-corrected chi connectivity index (χ2v) is 7.38. The molecule has 1 aliphatic rings. The third-order valence-electron chi connectivity index (χ3n) is 4.96. The molecule has 1 unspecified atom stereocenters. The molecule has 0 spiro atoms.